The number of rotatable bonds is 4. The van der Waals surface area contributed by atoms with Gasteiger partial charge in [0.25, 0.3) is 0 Å². The highest BCUT2D eigenvalue weighted by atomic mass is 16.4. The lowest BCUT2D eigenvalue weighted by molar-refractivity contribution is -0.140. The van der Waals surface area contributed by atoms with Gasteiger partial charge in [-0.3, -0.25) is 14.6 Å². The van der Waals surface area contributed by atoms with Crippen molar-refractivity contribution in [2.75, 3.05) is 5.32 Å². The molecule has 7 heteroatoms. The topological polar surface area (TPSA) is 117 Å². The number of hydrogen-bond donors (Lipinski definition) is 3. The van der Waals surface area contributed by atoms with Gasteiger partial charge in [0.15, 0.2) is 0 Å². The lowest BCUT2D eigenvalue weighted by Crippen LogP contribution is -2.18. The first-order chi connectivity index (χ1) is 9.25. The summed E-state index contributed by atoms with van der Waals surface area (Å²) in [6.07, 6.45) is 2.48. The second kappa shape index (κ2) is 4.59. The van der Waals surface area contributed by atoms with Crippen LogP contribution in [0.3, 0.4) is 0 Å². The zero-order valence-electron chi connectivity index (χ0n) is 11.0. The number of carboxylic acids is 2. The molecule has 2 rings (SSSR count). The highest BCUT2D eigenvalue weighted by Crippen LogP contribution is 2.58. The van der Waals surface area contributed by atoms with Gasteiger partial charge < -0.3 is 15.5 Å². The van der Waals surface area contributed by atoms with Crippen LogP contribution in [0, 0.1) is 17.3 Å². The summed E-state index contributed by atoms with van der Waals surface area (Å²) in [6, 6.07) is 1.28. The van der Waals surface area contributed by atoms with Gasteiger partial charge in [-0.05, 0) is 11.5 Å². The van der Waals surface area contributed by atoms with Crippen LogP contribution in [0.4, 0.5) is 5.69 Å². The van der Waals surface area contributed by atoms with Crippen LogP contribution in [0.5, 0.6) is 0 Å². The quantitative estimate of drug-likeness (QED) is 0.758. The lowest BCUT2D eigenvalue weighted by atomic mass is 10.1. The molecule has 0 aromatic carbocycles. The van der Waals surface area contributed by atoms with Crippen molar-refractivity contribution in [2.24, 2.45) is 17.3 Å². The second-order valence-electron chi connectivity index (χ2n) is 5.37. The summed E-state index contributed by atoms with van der Waals surface area (Å²) in [4.78, 5) is 37.6. The summed E-state index contributed by atoms with van der Waals surface area (Å²) < 4.78 is 0. The molecule has 1 fully saturated rings. The monoisotopic (exact) mass is 278 g/mol. The molecule has 1 aromatic rings. The molecule has 1 aromatic heterocycles. The van der Waals surface area contributed by atoms with Gasteiger partial charge in [-0.2, -0.15) is 0 Å². The Morgan fingerprint density at radius 3 is 2.35 bits per heavy atom. The number of carbonyl (C=O) groups excluding carboxylic acids is 1. The standard InChI is InChI=1S/C13H14N2O5/c1-13(2)8(9(13)12(19)20)10(16)15-7-3-6(11(17)18)4-14-5-7/h3-5,8-9H,1-2H3,(H,15,16)(H,17,18)(H,19,20)/t8-,9-/m0/s1. The van der Waals surface area contributed by atoms with E-state index < -0.39 is 35.1 Å². The summed E-state index contributed by atoms with van der Waals surface area (Å²) in [5.74, 6) is -3.95. The highest BCUT2D eigenvalue weighted by Gasteiger charge is 2.65. The van der Waals surface area contributed by atoms with Crippen molar-refractivity contribution in [3.63, 3.8) is 0 Å². The van der Waals surface area contributed by atoms with E-state index in [4.69, 9.17) is 10.2 Å². The zero-order valence-corrected chi connectivity index (χ0v) is 11.0. The maximum atomic E-state index is 12.0. The van der Waals surface area contributed by atoms with E-state index in [9.17, 15) is 14.4 Å². The van der Waals surface area contributed by atoms with Crippen LogP contribution in [0.2, 0.25) is 0 Å². The van der Waals surface area contributed by atoms with Crippen LogP contribution >= 0.6 is 0 Å². The second-order valence-corrected chi connectivity index (χ2v) is 5.37. The van der Waals surface area contributed by atoms with Crippen molar-refractivity contribution in [3.8, 4) is 0 Å². The van der Waals surface area contributed by atoms with Crippen molar-refractivity contribution in [2.45, 2.75) is 13.8 Å². The van der Waals surface area contributed by atoms with Crippen LogP contribution in [0.15, 0.2) is 18.5 Å². The largest absolute Gasteiger partial charge is 0.481 e. The number of nitrogens with zero attached hydrogens (tertiary/aromatic N) is 1. The maximum absolute atomic E-state index is 12.0. The summed E-state index contributed by atoms with van der Waals surface area (Å²) in [5, 5.41) is 20.4. The molecule has 0 radical (unpaired) electrons. The Balaban J connectivity index is 2.12. The molecule has 1 amide bonds. The normalized spacial score (nSPS) is 22.9. The van der Waals surface area contributed by atoms with Crippen molar-refractivity contribution in [1.29, 1.82) is 0 Å². The zero-order chi connectivity index (χ0) is 15.1. The molecule has 1 aliphatic rings. The lowest BCUT2D eigenvalue weighted by Gasteiger charge is -2.06. The summed E-state index contributed by atoms with van der Waals surface area (Å²) in [5.41, 5.74) is -0.414. The van der Waals surface area contributed by atoms with Gasteiger partial charge in [0.1, 0.15) is 0 Å². The molecule has 106 valence electrons. The molecule has 1 saturated carbocycles. The van der Waals surface area contributed by atoms with E-state index in [0.29, 0.717) is 0 Å². The molecular formula is C13H14N2O5. The maximum Gasteiger partial charge on any atom is 0.337 e. The van der Waals surface area contributed by atoms with Crippen LogP contribution in [-0.2, 0) is 9.59 Å². The number of aliphatic carboxylic acids is 1. The van der Waals surface area contributed by atoms with Gasteiger partial charge in [0.05, 0.1) is 29.3 Å². The number of hydrogen-bond acceptors (Lipinski definition) is 4. The van der Waals surface area contributed by atoms with E-state index in [1.807, 2.05) is 0 Å². The van der Waals surface area contributed by atoms with Crippen molar-refractivity contribution in [3.05, 3.63) is 24.0 Å². The van der Waals surface area contributed by atoms with Crippen LogP contribution < -0.4 is 5.32 Å². The first-order valence-electron chi connectivity index (χ1n) is 5.97. The molecule has 20 heavy (non-hydrogen) atoms. The number of carbonyl (C=O) groups is 3. The molecule has 3 N–H and O–H groups in total. The van der Waals surface area contributed by atoms with Gasteiger partial charge in [0.2, 0.25) is 5.91 Å². The minimum atomic E-state index is -1.15. The molecule has 2 atom stereocenters. The summed E-state index contributed by atoms with van der Waals surface area (Å²) in [7, 11) is 0. The van der Waals surface area contributed by atoms with Gasteiger partial charge >= 0.3 is 11.9 Å². The molecule has 0 saturated heterocycles. The SMILES string of the molecule is CC1(C)[C@H](C(=O)O)[C@H]1C(=O)Nc1cncc(C(=O)O)c1. The third-order valence-corrected chi connectivity index (χ3v) is 3.63. The number of aromatic nitrogens is 1. The number of aromatic carboxylic acids is 1. The van der Waals surface area contributed by atoms with Crippen LogP contribution in [0.1, 0.15) is 24.2 Å². The predicted octanol–water partition coefficient (Wildman–Crippen LogP) is 1.08. The number of amides is 1. The average Bonchev–Trinajstić information content (AvgIpc) is 2.93. The predicted molar refractivity (Wildman–Crippen MR) is 68.2 cm³/mol. The first-order valence-corrected chi connectivity index (χ1v) is 5.97. The fraction of sp³-hybridized carbons (Fsp3) is 0.385. The third kappa shape index (κ3) is 2.34. The average molecular weight is 278 g/mol. The highest BCUT2D eigenvalue weighted by molar-refractivity contribution is 6.00. The van der Waals surface area contributed by atoms with Gasteiger partial charge in [-0.15, -0.1) is 0 Å². The Morgan fingerprint density at radius 1 is 1.20 bits per heavy atom. The molecule has 0 unspecified atom stereocenters. The van der Waals surface area contributed by atoms with Crippen molar-refractivity contribution < 1.29 is 24.6 Å². The minimum Gasteiger partial charge on any atom is -0.481 e. The minimum absolute atomic E-state index is 0.0485. The summed E-state index contributed by atoms with van der Waals surface area (Å²) in [6.45, 7) is 3.42. The smallest absolute Gasteiger partial charge is 0.337 e. The Labute approximate surface area is 114 Å². The molecule has 0 bridgehead atoms. The first kappa shape index (κ1) is 14.0. The number of nitrogens with one attached hydrogen (secondary N) is 1. The Kier molecular flexibility index (Phi) is 3.21. The molecule has 7 nitrogen and oxygen atoms in total. The Bertz CT molecular complexity index is 596. The number of carboxylic acid groups (broad SMARTS) is 2. The van der Waals surface area contributed by atoms with Gasteiger partial charge in [-0.25, -0.2) is 4.79 Å². The number of anilines is 1. The van der Waals surface area contributed by atoms with E-state index in [0.717, 1.165) is 0 Å². The molecule has 0 aliphatic heterocycles. The van der Waals surface area contributed by atoms with E-state index in [1.165, 1.54) is 18.5 Å². The van der Waals surface area contributed by atoms with Gasteiger partial charge in [0, 0.05) is 6.20 Å². The molecule has 0 spiro atoms. The Morgan fingerprint density at radius 2 is 1.85 bits per heavy atom. The fourth-order valence-corrected chi connectivity index (χ4v) is 2.43. The van der Waals surface area contributed by atoms with E-state index >= 15 is 0 Å². The fourth-order valence-electron chi connectivity index (χ4n) is 2.43. The van der Waals surface area contributed by atoms with E-state index in [1.54, 1.807) is 13.8 Å². The Hall–Kier alpha value is -2.44. The summed E-state index contributed by atoms with van der Waals surface area (Å²) >= 11 is 0. The third-order valence-electron chi connectivity index (χ3n) is 3.63. The molecule has 1 heterocycles. The van der Waals surface area contributed by atoms with Crippen molar-refractivity contribution >= 4 is 23.5 Å². The van der Waals surface area contributed by atoms with Crippen molar-refractivity contribution in [1.82, 2.24) is 4.98 Å². The van der Waals surface area contributed by atoms with E-state index in [-0.39, 0.29) is 11.3 Å². The molecular weight excluding hydrogens is 264 g/mol. The number of pyridine rings is 1. The van der Waals surface area contributed by atoms with Gasteiger partial charge in [-0.1, -0.05) is 13.8 Å². The van der Waals surface area contributed by atoms with E-state index in [2.05, 4.69) is 10.3 Å². The van der Waals surface area contributed by atoms with Crippen LogP contribution in [-0.4, -0.2) is 33.0 Å². The van der Waals surface area contributed by atoms with Crippen LogP contribution in [0.25, 0.3) is 0 Å². The molecule has 1 aliphatic carbocycles.